The van der Waals surface area contributed by atoms with Gasteiger partial charge in [0.25, 0.3) is 0 Å². The van der Waals surface area contributed by atoms with Crippen molar-refractivity contribution in [3.05, 3.63) is 0 Å². The predicted molar refractivity (Wildman–Crippen MR) is 140 cm³/mol. The van der Waals surface area contributed by atoms with Crippen LogP contribution in [0.1, 0.15) is 81.1 Å². The number of hydrogen-bond acceptors (Lipinski definition) is 5. The van der Waals surface area contributed by atoms with Crippen LogP contribution in [0.15, 0.2) is 0 Å². The van der Waals surface area contributed by atoms with Crippen LogP contribution in [0.2, 0.25) is 16.6 Å². The molecule has 0 aromatic rings. The summed E-state index contributed by atoms with van der Waals surface area (Å²) < 4.78 is 19.8. The molecule has 0 aromatic carbocycles. The number of rotatable bonds is 6. The van der Waals surface area contributed by atoms with E-state index in [1.807, 2.05) is 0 Å². The van der Waals surface area contributed by atoms with Crippen molar-refractivity contribution >= 4 is 42.8 Å². The van der Waals surface area contributed by atoms with Crippen LogP contribution in [0.3, 0.4) is 0 Å². The maximum atomic E-state index is 13.2. The van der Waals surface area contributed by atoms with Crippen LogP contribution in [0.25, 0.3) is 0 Å². The van der Waals surface area contributed by atoms with Crippen LogP contribution < -0.4 is 0 Å². The minimum Gasteiger partial charge on any atom is -0.469 e. The second-order valence-electron chi connectivity index (χ2n) is 12.9. The highest BCUT2D eigenvalue weighted by molar-refractivity contribution is 14.1. The molecule has 1 aliphatic heterocycles. The molecule has 5 nitrogen and oxygen atoms in total. The van der Waals surface area contributed by atoms with Gasteiger partial charge in [0.2, 0.25) is 8.32 Å². The van der Waals surface area contributed by atoms with Gasteiger partial charge in [0.1, 0.15) is 5.60 Å². The Morgan fingerprint density at radius 2 is 1.67 bits per heavy atom. The zero-order valence-corrected chi connectivity index (χ0v) is 25.0. The maximum absolute atomic E-state index is 13.2. The normalized spacial score (nSPS) is 41.5. The quantitative estimate of drug-likeness (QED) is 0.158. The highest BCUT2D eigenvalue weighted by Gasteiger charge is 2.84. The van der Waals surface area contributed by atoms with Crippen molar-refractivity contribution in [1.82, 2.24) is 0 Å². The van der Waals surface area contributed by atoms with Crippen molar-refractivity contribution in [2.24, 2.45) is 28.6 Å². The molecule has 7 heteroatoms. The topological polar surface area (TPSA) is 61.8 Å². The summed E-state index contributed by atoms with van der Waals surface area (Å²) in [4.78, 5) is 26.2. The first kappa shape index (κ1) is 25.9. The van der Waals surface area contributed by atoms with E-state index in [2.05, 4.69) is 78.0 Å². The van der Waals surface area contributed by atoms with Crippen LogP contribution in [-0.2, 0) is 23.5 Å². The highest BCUT2D eigenvalue weighted by Crippen LogP contribution is 2.78. The third-order valence-electron chi connectivity index (χ3n) is 10.1. The Bertz CT molecular complexity index is 804. The van der Waals surface area contributed by atoms with E-state index in [9.17, 15) is 9.59 Å². The first-order chi connectivity index (χ1) is 15.2. The van der Waals surface area contributed by atoms with E-state index in [-0.39, 0.29) is 46.6 Å². The first-order valence-electron chi connectivity index (χ1n) is 12.8. The third kappa shape index (κ3) is 3.22. The number of hydrogen-bond donors (Lipinski definition) is 0. The van der Waals surface area contributed by atoms with E-state index in [4.69, 9.17) is 13.9 Å². The minimum atomic E-state index is -2.26. The third-order valence-corrected chi connectivity index (χ3v) is 17.6. The lowest BCUT2D eigenvalue weighted by Crippen LogP contribution is -2.63. The van der Waals surface area contributed by atoms with Crippen LogP contribution >= 0.6 is 22.6 Å². The molecular formula is C26H43IO5Si. The molecule has 33 heavy (non-hydrogen) atoms. The minimum absolute atomic E-state index is 0.110. The molecule has 0 radical (unpaired) electrons. The second-order valence-corrected chi connectivity index (χ2v) is 19.9. The fraction of sp³-hybridized carbons (Fsp3) is 0.923. The van der Waals surface area contributed by atoms with E-state index >= 15 is 0 Å². The van der Waals surface area contributed by atoms with Gasteiger partial charge in [0.15, 0.2) is 0 Å². The van der Waals surface area contributed by atoms with Gasteiger partial charge in [-0.05, 0) is 46.7 Å². The zero-order chi connectivity index (χ0) is 24.7. The molecule has 0 bridgehead atoms. The van der Waals surface area contributed by atoms with Gasteiger partial charge in [-0.25, -0.2) is 0 Å². The van der Waals surface area contributed by atoms with Crippen LogP contribution in [0.4, 0.5) is 0 Å². The fourth-order valence-electron chi connectivity index (χ4n) is 9.46. The Hall–Kier alpha value is -0.153. The van der Waals surface area contributed by atoms with Crippen LogP contribution in [0, 0.1) is 28.6 Å². The van der Waals surface area contributed by atoms with Crippen LogP contribution in [0.5, 0.6) is 0 Å². The number of ether oxygens (including phenoxy) is 2. The number of halogens is 1. The van der Waals surface area contributed by atoms with Crippen molar-refractivity contribution < 1.29 is 23.5 Å². The standard InChI is InChI=1S/C26H43IO5Si/c1-14(2)33(15(3)4,16(5)6)32-23-24(7,8)13-25-18-10-20(27)19(25)11-21(28)31-26(23,25)12-17(18)22(29)30-9/h14-20,23H,10-13H2,1-9H3/t17-,18-,19-,20+,23+,25+,26+/m0/s1. The lowest BCUT2D eigenvalue weighted by atomic mass is 9.63. The monoisotopic (exact) mass is 590 g/mol. The fourth-order valence-corrected chi connectivity index (χ4v) is 16.6. The van der Waals surface area contributed by atoms with Crippen molar-refractivity contribution in [1.29, 1.82) is 0 Å². The smallest absolute Gasteiger partial charge is 0.309 e. The van der Waals surface area contributed by atoms with E-state index in [1.54, 1.807) is 0 Å². The van der Waals surface area contributed by atoms with Gasteiger partial charge in [0, 0.05) is 15.8 Å². The molecule has 1 spiro atoms. The molecule has 0 N–H and O–H groups in total. The molecule has 0 amide bonds. The number of esters is 2. The lowest BCUT2D eigenvalue weighted by molar-refractivity contribution is -0.208. The summed E-state index contributed by atoms with van der Waals surface area (Å²) in [5, 5.41) is 0. The zero-order valence-electron chi connectivity index (χ0n) is 21.9. The number of carbonyl (C=O) groups is 2. The maximum Gasteiger partial charge on any atom is 0.309 e. The summed E-state index contributed by atoms with van der Waals surface area (Å²) in [6.45, 7) is 18.5. The van der Waals surface area contributed by atoms with Crippen LogP contribution in [-0.4, -0.2) is 43.0 Å². The second kappa shape index (κ2) is 8.18. The van der Waals surface area contributed by atoms with Gasteiger partial charge < -0.3 is 13.9 Å². The van der Waals surface area contributed by atoms with E-state index in [0.29, 0.717) is 33.4 Å². The average molecular weight is 591 g/mol. The Labute approximate surface area is 214 Å². The Balaban J connectivity index is 1.91. The molecule has 1 saturated heterocycles. The van der Waals surface area contributed by atoms with Gasteiger partial charge in [-0.3, -0.25) is 9.59 Å². The molecule has 3 aliphatic carbocycles. The summed E-state index contributed by atoms with van der Waals surface area (Å²) in [5.41, 5.74) is 0.226. The molecular weight excluding hydrogens is 547 g/mol. The van der Waals surface area contributed by atoms with Gasteiger partial charge in [-0.1, -0.05) is 78.0 Å². The van der Waals surface area contributed by atoms with Crippen molar-refractivity contribution in [3.8, 4) is 0 Å². The van der Waals surface area contributed by atoms with E-state index in [0.717, 1.165) is 12.8 Å². The van der Waals surface area contributed by atoms with Gasteiger partial charge in [-0.15, -0.1) is 0 Å². The van der Waals surface area contributed by atoms with Gasteiger partial charge >= 0.3 is 11.9 Å². The largest absolute Gasteiger partial charge is 0.469 e. The van der Waals surface area contributed by atoms with Crippen molar-refractivity contribution in [3.63, 3.8) is 0 Å². The summed E-state index contributed by atoms with van der Waals surface area (Å²) in [7, 11) is -0.768. The Kier molecular flexibility index (Phi) is 6.43. The highest BCUT2D eigenvalue weighted by atomic mass is 127. The van der Waals surface area contributed by atoms with Gasteiger partial charge in [0.05, 0.1) is 25.6 Å². The summed E-state index contributed by atoms with van der Waals surface area (Å²) in [5.74, 6) is -0.0580. The Morgan fingerprint density at radius 1 is 1.09 bits per heavy atom. The lowest BCUT2D eigenvalue weighted by Gasteiger charge is -2.53. The van der Waals surface area contributed by atoms with Gasteiger partial charge in [-0.2, -0.15) is 0 Å². The molecule has 4 aliphatic rings. The molecule has 1 heterocycles. The molecule has 0 unspecified atom stereocenters. The van der Waals surface area contributed by atoms with Crippen molar-refractivity contribution in [2.45, 2.75) is 113 Å². The molecule has 7 atom stereocenters. The first-order valence-corrected chi connectivity index (χ1v) is 16.2. The molecule has 3 saturated carbocycles. The molecule has 188 valence electrons. The number of carbonyl (C=O) groups excluding carboxylic acids is 2. The van der Waals surface area contributed by atoms with Crippen molar-refractivity contribution in [2.75, 3.05) is 7.11 Å². The SMILES string of the molecule is COC(=O)[C@H]1C[C@]23OC(=O)C[C@H]4[C@H](I)C[C@@H]1[C@]42CC(C)(C)[C@H]3O[Si](C(C)C)(C(C)C)C(C)C. The molecule has 4 fully saturated rings. The summed E-state index contributed by atoms with van der Waals surface area (Å²) in [6.07, 6.45) is 2.70. The Morgan fingerprint density at radius 3 is 2.18 bits per heavy atom. The predicted octanol–water partition coefficient (Wildman–Crippen LogP) is 6.28. The molecule has 0 aromatic heterocycles. The van der Waals surface area contributed by atoms with E-state index in [1.165, 1.54) is 7.11 Å². The summed E-state index contributed by atoms with van der Waals surface area (Å²) in [6, 6.07) is 0. The summed E-state index contributed by atoms with van der Waals surface area (Å²) >= 11 is 2.54. The van der Waals surface area contributed by atoms with E-state index < -0.39 is 13.9 Å². The molecule has 4 rings (SSSR count). The number of alkyl halides is 1. The average Bonchev–Trinajstić information content (AvgIpc) is 3.19. The number of methoxy groups -OCH3 is 1.